The molecule has 21 heavy (non-hydrogen) atoms. The molecule has 1 fully saturated rings. The third-order valence-corrected chi connectivity index (χ3v) is 4.92. The number of amides is 1. The van der Waals surface area contributed by atoms with Crippen LogP contribution in [0.2, 0.25) is 0 Å². The lowest BCUT2D eigenvalue weighted by Crippen LogP contribution is -2.29. The molecule has 1 saturated carbocycles. The van der Waals surface area contributed by atoms with Gasteiger partial charge in [-0.3, -0.25) is 4.79 Å². The predicted molar refractivity (Wildman–Crippen MR) is 90.6 cm³/mol. The largest absolute Gasteiger partial charge is 0.351 e. The number of nitrogens with one attached hydrogen (secondary N) is 1. The molecule has 0 saturated heterocycles. The minimum atomic E-state index is 0.0401. The van der Waals surface area contributed by atoms with Crippen LogP contribution in [0.3, 0.4) is 0 Å². The highest BCUT2D eigenvalue weighted by Gasteiger charge is 2.19. The van der Waals surface area contributed by atoms with E-state index in [1.807, 2.05) is 16.8 Å². The van der Waals surface area contributed by atoms with Crippen LogP contribution >= 0.6 is 15.9 Å². The zero-order chi connectivity index (χ0) is 15.4. The van der Waals surface area contributed by atoms with Crippen LogP contribution in [0.1, 0.15) is 69.4 Å². The molecule has 1 aliphatic rings. The van der Waals surface area contributed by atoms with Crippen molar-refractivity contribution in [3.8, 4) is 0 Å². The third kappa shape index (κ3) is 4.60. The molecular weight excluding hydrogens is 328 g/mol. The van der Waals surface area contributed by atoms with Gasteiger partial charge in [0.1, 0.15) is 5.69 Å². The highest BCUT2D eigenvalue weighted by molar-refractivity contribution is 9.10. The Balaban J connectivity index is 1.84. The van der Waals surface area contributed by atoms with Crippen LogP contribution in [0.4, 0.5) is 0 Å². The Morgan fingerprint density at radius 3 is 2.90 bits per heavy atom. The van der Waals surface area contributed by atoms with E-state index in [0.29, 0.717) is 0 Å². The number of halogens is 1. The fourth-order valence-electron chi connectivity index (χ4n) is 3.36. The van der Waals surface area contributed by atoms with E-state index in [1.165, 1.54) is 25.7 Å². The van der Waals surface area contributed by atoms with Gasteiger partial charge in [-0.2, -0.15) is 0 Å². The van der Waals surface area contributed by atoms with Crippen LogP contribution < -0.4 is 5.32 Å². The molecular formula is C17H27BrN2O. The molecule has 1 heterocycles. The fourth-order valence-corrected chi connectivity index (χ4v) is 3.79. The summed E-state index contributed by atoms with van der Waals surface area (Å²) in [4.78, 5) is 12.3. The third-order valence-electron chi connectivity index (χ3n) is 4.49. The van der Waals surface area contributed by atoms with Crippen LogP contribution in [0, 0.1) is 11.8 Å². The van der Waals surface area contributed by atoms with Crippen molar-refractivity contribution in [1.29, 1.82) is 0 Å². The van der Waals surface area contributed by atoms with Crippen molar-refractivity contribution in [1.82, 2.24) is 9.88 Å². The Kier molecular flexibility index (Phi) is 5.91. The van der Waals surface area contributed by atoms with E-state index in [4.69, 9.17) is 0 Å². The number of carbonyl (C=O) groups excluding carboxylic acids is 1. The van der Waals surface area contributed by atoms with E-state index in [0.717, 1.165) is 35.0 Å². The molecule has 0 radical (unpaired) electrons. The van der Waals surface area contributed by atoms with Crippen molar-refractivity contribution in [2.45, 2.75) is 58.9 Å². The molecule has 0 bridgehead atoms. The lowest BCUT2D eigenvalue weighted by Gasteiger charge is -2.26. The van der Waals surface area contributed by atoms with Crippen molar-refractivity contribution in [3.63, 3.8) is 0 Å². The van der Waals surface area contributed by atoms with Crippen molar-refractivity contribution < 1.29 is 4.79 Å². The van der Waals surface area contributed by atoms with Crippen molar-refractivity contribution in [2.75, 3.05) is 6.54 Å². The number of hydrogen-bond acceptors (Lipinski definition) is 1. The summed E-state index contributed by atoms with van der Waals surface area (Å²) in [6.07, 6.45) is 8.46. The first-order chi connectivity index (χ1) is 9.97. The molecule has 118 valence electrons. The summed E-state index contributed by atoms with van der Waals surface area (Å²) in [7, 11) is 0. The smallest absolute Gasteiger partial charge is 0.267 e. The molecule has 1 N–H and O–H groups in total. The minimum Gasteiger partial charge on any atom is -0.351 e. The highest BCUT2D eigenvalue weighted by Crippen LogP contribution is 2.30. The summed E-state index contributed by atoms with van der Waals surface area (Å²) in [6, 6.07) is 2.19. The van der Waals surface area contributed by atoms with Gasteiger partial charge in [0.15, 0.2) is 0 Å². The number of nitrogens with zero attached hydrogens (tertiary/aromatic N) is 1. The number of rotatable bonds is 5. The van der Waals surface area contributed by atoms with Gasteiger partial charge < -0.3 is 9.88 Å². The van der Waals surface area contributed by atoms with Crippen LogP contribution in [0.25, 0.3) is 0 Å². The summed E-state index contributed by atoms with van der Waals surface area (Å²) in [5.41, 5.74) is 0.744. The molecule has 0 spiro atoms. The second kappa shape index (κ2) is 7.48. The van der Waals surface area contributed by atoms with E-state index < -0.39 is 0 Å². The topological polar surface area (TPSA) is 34.0 Å². The monoisotopic (exact) mass is 354 g/mol. The van der Waals surface area contributed by atoms with Gasteiger partial charge in [-0.05, 0) is 60.5 Å². The molecule has 3 nitrogen and oxygen atoms in total. The lowest BCUT2D eigenvalue weighted by atomic mass is 9.81. The van der Waals surface area contributed by atoms with Crippen LogP contribution in [-0.2, 0) is 0 Å². The van der Waals surface area contributed by atoms with Gasteiger partial charge in [0.2, 0.25) is 0 Å². The molecule has 0 aliphatic heterocycles. The van der Waals surface area contributed by atoms with Crippen molar-refractivity contribution in [2.24, 2.45) is 11.8 Å². The Morgan fingerprint density at radius 2 is 2.24 bits per heavy atom. The second-order valence-electron chi connectivity index (χ2n) is 6.73. The Labute approximate surface area is 136 Å². The maximum absolute atomic E-state index is 12.3. The summed E-state index contributed by atoms with van der Waals surface area (Å²) >= 11 is 3.46. The van der Waals surface area contributed by atoms with E-state index in [1.54, 1.807) is 0 Å². The SMILES string of the molecule is CC1CCCC(CCNC(=O)c2cc(Br)cn2C(C)C)C1. The van der Waals surface area contributed by atoms with E-state index in [2.05, 4.69) is 42.0 Å². The van der Waals surface area contributed by atoms with Gasteiger partial charge in [-0.25, -0.2) is 0 Å². The molecule has 1 amide bonds. The molecule has 1 aliphatic carbocycles. The molecule has 2 rings (SSSR count). The average molecular weight is 355 g/mol. The minimum absolute atomic E-state index is 0.0401. The van der Waals surface area contributed by atoms with Gasteiger partial charge in [0, 0.05) is 23.3 Å². The molecule has 2 unspecified atom stereocenters. The summed E-state index contributed by atoms with van der Waals surface area (Å²) in [5.74, 6) is 1.68. The first-order valence-electron chi connectivity index (χ1n) is 8.13. The average Bonchev–Trinajstić information content (AvgIpc) is 2.81. The maximum Gasteiger partial charge on any atom is 0.267 e. The number of hydrogen-bond donors (Lipinski definition) is 1. The highest BCUT2D eigenvalue weighted by atomic mass is 79.9. The number of aromatic nitrogens is 1. The molecule has 4 heteroatoms. The van der Waals surface area contributed by atoms with Crippen LogP contribution in [0.15, 0.2) is 16.7 Å². The number of carbonyl (C=O) groups is 1. The lowest BCUT2D eigenvalue weighted by molar-refractivity contribution is 0.0939. The van der Waals surface area contributed by atoms with E-state index >= 15 is 0 Å². The molecule has 0 aromatic carbocycles. The molecule has 1 aromatic heterocycles. The quantitative estimate of drug-likeness (QED) is 0.811. The van der Waals surface area contributed by atoms with Gasteiger partial charge >= 0.3 is 0 Å². The van der Waals surface area contributed by atoms with Gasteiger partial charge in [0.05, 0.1) is 0 Å². The van der Waals surface area contributed by atoms with Gasteiger partial charge in [-0.15, -0.1) is 0 Å². The first kappa shape index (κ1) is 16.6. The molecule has 2 atom stereocenters. The van der Waals surface area contributed by atoms with E-state index in [-0.39, 0.29) is 11.9 Å². The summed E-state index contributed by atoms with van der Waals surface area (Å²) < 4.78 is 2.98. The van der Waals surface area contributed by atoms with Gasteiger partial charge in [0.25, 0.3) is 5.91 Å². The zero-order valence-electron chi connectivity index (χ0n) is 13.4. The molecule has 1 aromatic rings. The fraction of sp³-hybridized carbons (Fsp3) is 0.706. The van der Waals surface area contributed by atoms with Crippen LogP contribution in [0.5, 0.6) is 0 Å². The summed E-state index contributed by atoms with van der Waals surface area (Å²) in [6.45, 7) is 7.31. The Morgan fingerprint density at radius 1 is 1.48 bits per heavy atom. The normalized spacial score (nSPS) is 22.5. The maximum atomic E-state index is 12.3. The Bertz CT molecular complexity index is 481. The Hall–Kier alpha value is -0.770. The van der Waals surface area contributed by atoms with Crippen molar-refractivity contribution in [3.05, 3.63) is 22.4 Å². The zero-order valence-corrected chi connectivity index (χ0v) is 14.9. The standard InChI is InChI=1S/C17H27BrN2O/c1-12(2)20-11-15(18)10-16(20)17(21)19-8-7-14-6-4-5-13(3)9-14/h10-14H,4-9H2,1-3H3,(H,19,21). The summed E-state index contributed by atoms with van der Waals surface area (Å²) in [5, 5.41) is 3.09. The first-order valence-corrected chi connectivity index (χ1v) is 8.92. The second-order valence-corrected chi connectivity index (χ2v) is 7.64. The van der Waals surface area contributed by atoms with Crippen LogP contribution in [-0.4, -0.2) is 17.0 Å². The predicted octanol–water partition coefficient (Wildman–Crippen LogP) is 4.78. The van der Waals surface area contributed by atoms with Crippen molar-refractivity contribution >= 4 is 21.8 Å². The van der Waals surface area contributed by atoms with E-state index in [9.17, 15) is 4.79 Å². The van der Waals surface area contributed by atoms with Gasteiger partial charge in [-0.1, -0.05) is 26.2 Å².